The highest BCUT2D eigenvalue weighted by Gasteiger charge is 2.32. The van der Waals surface area contributed by atoms with Gasteiger partial charge in [0.2, 0.25) is 5.91 Å². The molecule has 0 N–H and O–H groups in total. The molecule has 0 spiro atoms. The van der Waals surface area contributed by atoms with Crippen molar-refractivity contribution in [1.82, 2.24) is 5.01 Å². The van der Waals surface area contributed by atoms with Crippen LogP contribution in [0.25, 0.3) is 0 Å². The molecule has 0 aliphatic carbocycles. The predicted molar refractivity (Wildman–Crippen MR) is 115 cm³/mol. The lowest BCUT2D eigenvalue weighted by molar-refractivity contribution is -0.133. The maximum Gasteiger partial charge on any atom is 0.243 e. The topological polar surface area (TPSA) is 41.9 Å². The Bertz CT molecular complexity index is 982. The molecule has 4 rings (SSSR count). The normalized spacial score (nSPS) is 15.8. The third-order valence-corrected chi connectivity index (χ3v) is 5.24. The van der Waals surface area contributed by atoms with Crippen LogP contribution in [-0.2, 0) is 11.2 Å². The lowest BCUT2D eigenvalue weighted by Gasteiger charge is -2.22. The molecule has 29 heavy (non-hydrogen) atoms. The van der Waals surface area contributed by atoms with E-state index in [1.165, 1.54) is 0 Å². The summed E-state index contributed by atoms with van der Waals surface area (Å²) in [4.78, 5) is 13.1. The first kappa shape index (κ1) is 18.9. The molecule has 1 aliphatic heterocycles. The van der Waals surface area contributed by atoms with E-state index in [0.29, 0.717) is 19.3 Å². The maximum absolute atomic E-state index is 13.1. The van der Waals surface area contributed by atoms with Gasteiger partial charge in [-0.3, -0.25) is 4.79 Å². The minimum absolute atomic E-state index is 0.0474. The van der Waals surface area contributed by atoms with Crippen molar-refractivity contribution in [3.8, 4) is 5.75 Å². The minimum atomic E-state index is -0.0726. The summed E-state index contributed by atoms with van der Waals surface area (Å²) in [5.74, 6) is 0.856. The van der Waals surface area contributed by atoms with Gasteiger partial charge in [0.15, 0.2) is 0 Å². The third-order valence-electron chi connectivity index (χ3n) is 5.24. The number of amides is 1. The highest BCUT2D eigenvalue weighted by molar-refractivity contribution is 6.03. The van der Waals surface area contributed by atoms with E-state index in [4.69, 9.17) is 9.84 Å². The van der Waals surface area contributed by atoms with Crippen molar-refractivity contribution in [3.05, 3.63) is 102 Å². The summed E-state index contributed by atoms with van der Waals surface area (Å²) in [6.45, 7) is 0. The maximum atomic E-state index is 13.1. The Morgan fingerprint density at radius 3 is 2.28 bits per heavy atom. The highest BCUT2D eigenvalue weighted by atomic mass is 16.5. The fraction of sp³-hybridized carbons (Fsp3) is 0.200. The van der Waals surface area contributed by atoms with Crippen molar-refractivity contribution in [3.63, 3.8) is 0 Å². The van der Waals surface area contributed by atoms with E-state index in [0.717, 1.165) is 28.2 Å². The summed E-state index contributed by atoms with van der Waals surface area (Å²) in [6, 6.07) is 28.0. The molecule has 0 saturated heterocycles. The molecule has 3 aromatic carbocycles. The lowest BCUT2D eigenvalue weighted by atomic mass is 9.98. The molecule has 0 unspecified atom stereocenters. The molecule has 4 nitrogen and oxygen atoms in total. The van der Waals surface area contributed by atoms with Crippen LogP contribution in [0.2, 0.25) is 0 Å². The number of nitrogens with zero attached hydrogens (tertiary/aromatic N) is 2. The molecule has 146 valence electrons. The fourth-order valence-corrected chi connectivity index (χ4v) is 3.64. The molecule has 1 atom stereocenters. The van der Waals surface area contributed by atoms with E-state index in [1.807, 2.05) is 60.7 Å². The Morgan fingerprint density at radius 1 is 0.966 bits per heavy atom. The standard InChI is InChI=1S/C25H24N2O2/c1-29-22-15-13-20(14-16-22)23-18-24(21-10-6-3-7-11-21)27(26-23)25(28)17-12-19-8-4-2-5-9-19/h2-11,13-16,24H,12,17-18H2,1H3/t24-/m0/s1. The lowest BCUT2D eigenvalue weighted by Crippen LogP contribution is -2.27. The van der Waals surface area contributed by atoms with Gasteiger partial charge in [-0.1, -0.05) is 60.7 Å². The number of methoxy groups -OCH3 is 1. The second-order valence-electron chi connectivity index (χ2n) is 7.13. The van der Waals surface area contributed by atoms with E-state index in [1.54, 1.807) is 12.1 Å². The summed E-state index contributed by atoms with van der Waals surface area (Å²) < 4.78 is 5.25. The van der Waals surface area contributed by atoms with E-state index in [2.05, 4.69) is 24.3 Å². The van der Waals surface area contributed by atoms with E-state index in [-0.39, 0.29) is 11.9 Å². The second-order valence-corrected chi connectivity index (χ2v) is 7.13. The first-order valence-corrected chi connectivity index (χ1v) is 9.87. The van der Waals surface area contributed by atoms with E-state index < -0.39 is 0 Å². The van der Waals surface area contributed by atoms with Gasteiger partial charge in [-0.25, -0.2) is 5.01 Å². The Kier molecular flexibility index (Phi) is 5.71. The Labute approximate surface area is 171 Å². The number of rotatable bonds is 6. The molecule has 4 heteroatoms. The molecule has 1 aliphatic rings. The summed E-state index contributed by atoms with van der Waals surface area (Å²) >= 11 is 0. The number of carbonyl (C=O) groups excluding carboxylic acids is 1. The van der Waals surface area contributed by atoms with Crippen LogP contribution in [0, 0.1) is 0 Å². The van der Waals surface area contributed by atoms with Crippen molar-refractivity contribution >= 4 is 11.6 Å². The molecule has 0 saturated carbocycles. The molecular formula is C25H24N2O2. The van der Waals surface area contributed by atoms with Crippen LogP contribution in [0.4, 0.5) is 0 Å². The number of hydrazone groups is 1. The zero-order valence-electron chi connectivity index (χ0n) is 16.5. The van der Waals surface area contributed by atoms with Gasteiger partial charge in [0.1, 0.15) is 5.75 Å². The fourth-order valence-electron chi connectivity index (χ4n) is 3.64. The van der Waals surface area contributed by atoms with Crippen molar-refractivity contribution in [2.24, 2.45) is 5.10 Å². The largest absolute Gasteiger partial charge is 0.497 e. The van der Waals surface area contributed by atoms with E-state index >= 15 is 0 Å². The van der Waals surface area contributed by atoms with Crippen molar-refractivity contribution in [2.45, 2.75) is 25.3 Å². The number of aryl methyl sites for hydroxylation is 1. The van der Waals surface area contributed by atoms with Crippen molar-refractivity contribution < 1.29 is 9.53 Å². The van der Waals surface area contributed by atoms with Crippen LogP contribution in [0.3, 0.4) is 0 Å². The Hall–Kier alpha value is -3.40. The molecule has 0 aromatic heterocycles. The molecular weight excluding hydrogens is 360 g/mol. The summed E-state index contributed by atoms with van der Waals surface area (Å²) in [6.07, 6.45) is 1.85. The van der Waals surface area contributed by atoms with Crippen molar-refractivity contribution in [1.29, 1.82) is 0 Å². The number of carbonyl (C=O) groups is 1. The summed E-state index contributed by atoms with van der Waals surface area (Å²) in [7, 11) is 1.65. The molecule has 3 aromatic rings. The minimum Gasteiger partial charge on any atom is -0.497 e. The van der Waals surface area contributed by atoms with Gasteiger partial charge >= 0.3 is 0 Å². The molecule has 0 radical (unpaired) electrons. The van der Waals surface area contributed by atoms with Crippen LogP contribution in [0.5, 0.6) is 5.75 Å². The molecule has 0 fully saturated rings. The predicted octanol–water partition coefficient (Wildman–Crippen LogP) is 5.01. The van der Waals surface area contributed by atoms with E-state index in [9.17, 15) is 4.79 Å². The quantitative estimate of drug-likeness (QED) is 0.600. The van der Waals surface area contributed by atoms with Crippen LogP contribution in [-0.4, -0.2) is 23.7 Å². The molecule has 1 amide bonds. The van der Waals surface area contributed by atoms with Crippen LogP contribution < -0.4 is 4.74 Å². The van der Waals surface area contributed by atoms with Gasteiger partial charge < -0.3 is 4.74 Å². The second kappa shape index (κ2) is 8.74. The smallest absolute Gasteiger partial charge is 0.243 e. The average Bonchev–Trinajstić information content (AvgIpc) is 3.24. The summed E-state index contributed by atoms with van der Waals surface area (Å²) in [5.41, 5.74) is 4.21. The van der Waals surface area contributed by atoms with Crippen molar-refractivity contribution in [2.75, 3.05) is 7.11 Å². The first-order valence-electron chi connectivity index (χ1n) is 9.87. The average molecular weight is 384 g/mol. The van der Waals surface area contributed by atoms with Gasteiger partial charge in [-0.15, -0.1) is 0 Å². The number of benzene rings is 3. The third kappa shape index (κ3) is 4.37. The van der Waals surface area contributed by atoms with Gasteiger partial charge in [0.05, 0.1) is 18.9 Å². The number of hydrogen-bond donors (Lipinski definition) is 0. The first-order chi connectivity index (χ1) is 14.2. The monoisotopic (exact) mass is 384 g/mol. The van der Waals surface area contributed by atoms with Gasteiger partial charge in [-0.2, -0.15) is 5.10 Å². The van der Waals surface area contributed by atoms with Crippen LogP contribution >= 0.6 is 0 Å². The van der Waals surface area contributed by atoms with Crippen LogP contribution in [0.1, 0.15) is 35.6 Å². The highest BCUT2D eigenvalue weighted by Crippen LogP contribution is 2.33. The Balaban J connectivity index is 1.57. The number of hydrogen-bond acceptors (Lipinski definition) is 3. The van der Waals surface area contributed by atoms with Gasteiger partial charge in [0.25, 0.3) is 0 Å². The number of ether oxygens (including phenoxy) is 1. The Morgan fingerprint density at radius 2 is 1.62 bits per heavy atom. The van der Waals surface area contributed by atoms with Crippen LogP contribution in [0.15, 0.2) is 90.0 Å². The van der Waals surface area contributed by atoms with Gasteiger partial charge in [-0.05, 0) is 47.4 Å². The molecule has 0 bridgehead atoms. The van der Waals surface area contributed by atoms with Gasteiger partial charge in [0, 0.05) is 12.8 Å². The summed E-state index contributed by atoms with van der Waals surface area (Å²) in [5, 5.41) is 6.42. The zero-order valence-corrected chi connectivity index (χ0v) is 16.5. The SMILES string of the molecule is COc1ccc(C2=NN(C(=O)CCc3ccccc3)[C@H](c3ccccc3)C2)cc1. The molecule has 1 heterocycles. The zero-order chi connectivity index (χ0) is 20.1.